The summed E-state index contributed by atoms with van der Waals surface area (Å²) >= 11 is 0. The van der Waals surface area contributed by atoms with Crippen LogP contribution < -0.4 is 11.1 Å². The Morgan fingerprint density at radius 3 is 2.43 bits per heavy atom. The highest BCUT2D eigenvalue weighted by Gasteiger charge is 2.29. The summed E-state index contributed by atoms with van der Waals surface area (Å²) in [6, 6.07) is 17.4. The zero-order chi connectivity index (χ0) is 33.4. The largest absolute Gasteiger partial charge is 0.478 e. The van der Waals surface area contributed by atoms with Crippen LogP contribution in [-0.4, -0.2) is 69.9 Å². The Hall–Kier alpha value is -4.15. The molecule has 0 bridgehead atoms. The molecule has 254 valence electrons. The maximum Gasteiger partial charge on any atom is 0.328 e. The third kappa shape index (κ3) is 11.3. The monoisotopic (exact) mass is 644 g/mol. The van der Waals surface area contributed by atoms with Crippen LogP contribution in [-0.2, 0) is 9.59 Å². The van der Waals surface area contributed by atoms with E-state index < -0.39 is 18.1 Å². The summed E-state index contributed by atoms with van der Waals surface area (Å²) in [6.07, 6.45) is 13.2. The maximum atomic E-state index is 12.1. The molecule has 0 unspecified atom stereocenters. The SMILES string of the molecule is NC1=N[C@H](/C(=C\C(=O)O)[C@H](CC[C@H](CCCCCC[C@H](C=O)CCCO)c2ccc3ccccc3c2)[N-]c2ccc[nH]2)C[C@H](CO)N1. The molecule has 1 aliphatic heterocycles. The number of nitrogens with two attached hydrogens (primary N) is 1. The fourth-order valence-corrected chi connectivity index (χ4v) is 6.64. The first kappa shape index (κ1) is 35.7. The normalized spacial score (nSPS) is 18.6. The van der Waals surface area contributed by atoms with Crippen LogP contribution in [0.1, 0.15) is 82.1 Å². The number of guanidine groups is 1. The van der Waals surface area contributed by atoms with E-state index in [1.807, 2.05) is 24.3 Å². The minimum absolute atomic E-state index is 0.0215. The lowest BCUT2D eigenvalue weighted by atomic mass is 9.84. The number of benzene rings is 2. The molecule has 0 amide bonds. The summed E-state index contributed by atoms with van der Waals surface area (Å²) < 4.78 is 0. The van der Waals surface area contributed by atoms with Gasteiger partial charge in [0.05, 0.1) is 18.7 Å². The van der Waals surface area contributed by atoms with E-state index in [2.05, 4.69) is 45.6 Å². The average molecular weight is 645 g/mol. The van der Waals surface area contributed by atoms with Gasteiger partial charge in [-0.3, -0.25) is 0 Å². The van der Waals surface area contributed by atoms with E-state index in [1.54, 1.807) is 6.20 Å². The van der Waals surface area contributed by atoms with Gasteiger partial charge < -0.3 is 41.5 Å². The van der Waals surface area contributed by atoms with E-state index in [4.69, 9.17) is 16.2 Å². The summed E-state index contributed by atoms with van der Waals surface area (Å²) in [5, 5.41) is 39.2. The lowest BCUT2D eigenvalue weighted by Crippen LogP contribution is -2.49. The summed E-state index contributed by atoms with van der Waals surface area (Å²) in [7, 11) is 0. The van der Waals surface area contributed by atoms with Gasteiger partial charge in [0.25, 0.3) is 0 Å². The predicted octanol–water partition coefficient (Wildman–Crippen LogP) is 6.08. The number of unbranched alkanes of at least 4 members (excludes halogenated alkanes) is 3. The number of fused-ring (bicyclic) bond motifs is 1. The standard InChI is InChI=1S/C37H50N5O5/c38-37-40-31(25-45)22-34(42-37)32(23-36(46)47)33(41-35-14-7-19-39-35)18-17-28(30-16-15-27-12-5-6-13-29(27)21-30)11-4-2-1-3-9-26(24-44)10-8-20-43/h5-7,12-16,19,21,23-24,26,28,31,33-34,39,43,45H,1-4,8-11,17-18,20,22,25H2,(H,46,47)(H3,38,40,42)/q-1/b32-23-/t26-,28-,31+,33-,34-/m0/s1. The number of carbonyl (C=O) groups excluding carboxylic acids is 1. The molecule has 3 aromatic rings. The predicted molar refractivity (Wildman–Crippen MR) is 187 cm³/mol. The number of aromatic nitrogens is 1. The number of hydrogen-bond acceptors (Lipinski definition) is 7. The fraction of sp³-hybridized carbons (Fsp3) is 0.486. The van der Waals surface area contributed by atoms with Crippen LogP contribution in [0.25, 0.3) is 16.1 Å². The Morgan fingerprint density at radius 2 is 1.72 bits per heavy atom. The topological polar surface area (TPSA) is 175 Å². The molecule has 47 heavy (non-hydrogen) atoms. The number of H-pyrrole nitrogens is 1. The van der Waals surface area contributed by atoms with Crippen molar-refractivity contribution < 1.29 is 24.9 Å². The molecule has 10 nitrogen and oxygen atoms in total. The van der Waals surface area contributed by atoms with Gasteiger partial charge in [0.2, 0.25) is 0 Å². The van der Waals surface area contributed by atoms with Crippen LogP contribution in [0.3, 0.4) is 0 Å². The number of aldehydes is 1. The highest BCUT2D eigenvalue weighted by molar-refractivity contribution is 5.84. The van der Waals surface area contributed by atoms with Crippen LogP contribution in [0.2, 0.25) is 0 Å². The highest BCUT2D eigenvalue weighted by Crippen LogP contribution is 2.36. The average Bonchev–Trinajstić information content (AvgIpc) is 3.60. The van der Waals surface area contributed by atoms with Crippen molar-refractivity contribution in [1.29, 1.82) is 0 Å². The summed E-state index contributed by atoms with van der Waals surface area (Å²) in [4.78, 5) is 31.2. The molecule has 0 aliphatic carbocycles. The molecule has 2 heterocycles. The zero-order valence-electron chi connectivity index (χ0n) is 27.1. The second-order valence-electron chi connectivity index (χ2n) is 12.6. The number of carbonyl (C=O) groups is 2. The van der Waals surface area contributed by atoms with E-state index in [-0.39, 0.29) is 37.1 Å². The van der Waals surface area contributed by atoms with Crippen molar-refractivity contribution in [2.45, 2.75) is 94.7 Å². The molecule has 1 aromatic heterocycles. The van der Waals surface area contributed by atoms with Gasteiger partial charge in [-0.25, -0.2) is 9.79 Å². The van der Waals surface area contributed by atoms with Gasteiger partial charge in [0, 0.05) is 18.6 Å². The molecule has 10 heteroatoms. The molecule has 0 spiro atoms. The number of aliphatic imine (C=N–C) groups is 1. The van der Waals surface area contributed by atoms with Crippen molar-refractivity contribution in [3.63, 3.8) is 0 Å². The number of aliphatic carboxylic acids is 1. The van der Waals surface area contributed by atoms with Crippen molar-refractivity contribution >= 4 is 34.8 Å². The third-order valence-electron chi connectivity index (χ3n) is 9.15. The van der Waals surface area contributed by atoms with Gasteiger partial charge in [0.15, 0.2) is 5.96 Å². The first-order valence-electron chi connectivity index (χ1n) is 16.9. The molecular weight excluding hydrogens is 594 g/mol. The molecule has 0 saturated heterocycles. The Bertz CT molecular complexity index is 1460. The van der Waals surface area contributed by atoms with Crippen molar-refractivity contribution in [1.82, 2.24) is 10.3 Å². The number of aliphatic hydroxyl groups excluding tert-OH is 2. The van der Waals surface area contributed by atoms with Gasteiger partial charge >= 0.3 is 5.97 Å². The molecular formula is C37H50N5O5-. The van der Waals surface area contributed by atoms with Crippen LogP contribution >= 0.6 is 0 Å². The second-order valence-corrected chi connectivity index (χ2v) is 12.6. The van der Waals surface area contributed by atoms with E-state index in [0.717, 1.165) is 57.7 Å². The van der Waals surface area contributed by atoms with E-state index in [1.165, 1.54) is 22.4 Å². The number of carboxylic acid groups (broad SMARTS) is 1. The summed E-state index contributed by atoms with van der Waals surface area (Å²) in [5.74, 6) is 0.0148. The van der Waals surface area contributed by atoms with Gasteiger partial charge in [-0.05, 0) is 78.8 Å². The molecule has 7 N–H and O–H groups in total. The summed E-state index contributed by atoms with van der Waals surface area (Å²) in [6.45, 7) is -0.0243. The van der Waals surface area contributed by atoms with Crippen LogP contribution in [0, 0.1) is 5.92 Å². The molecule has 0 saturated carbocycles. The Labute approximate surface area is 277 Å². The first-order chi connectivity index (χ1) is 22.9. The number of hydrogen-bond donors (Lipinski definition) is 6. The smallest absolute Gasteiger partial charge is 0.328 e. The number of aliphatic hydroxyl groups is 2. The van der Waals surface area contributed by atoms with Crippen molar-refractivity contribution in [2.24, 2.45) is 16.6 Å². The molecule has 0 radical (unpaired) electrons. The molecule has 5 atom stereocenters. The second kappa shape index (κ2) is 18.9. The molecule has 1 aliphatic rings. The zero-order valence-corrected chi connectivity index (χ0v) is 27.1. The Morgan fingerprint density at radius 1 is 0.957 bits per heavy atom. The number of nitrogens with zero attached hydrogens (tertiary/aromatic N) is 2. The first-order valence-corrected chi connectivity index (χ1v) is 16.9. The highest BCUT2D eigenvalue weighted by atomic mass is 16.4. The van der Waals surface area contributed by atoms with Gasteiger partial charge in [-0.1, -0.05) is 92.3 Å². The minimum Gasteiger partial charge on any atom is -0.478 e. The Balaban J connectivity index is 1.52. The maximum absolute atomic E-state index is 12.1. The lowest BCUT2D eigenvalue weighted by molar-refractivity contribution is -0.131. The number of rotatable bonds is 21. The lowest BCUT2D eigenvalue weighted by Gasteiger charge is -2.35. The fourth-order valence-electron chi connectivity index (χ4n) is 6.64. The van der Waals surface area contributed by atoms with Crippen molar-refractivity contribution in [3.8, 4) is 0 Å². The molecule has 2 aromatic carbocycles. The van der Waals surface area contributed by atoms with Gasteiger partial charge in [0.1, 0.15) is 6.29 Å². The quantitative estimate of drug-likeness (QED) is 0.0462. The van der Waals surface area contributed by atoms with E-state index in [0.29, 0.717) is 30.7 Å². The molecule has 4 rings (SSSR count). The van der Waals surface area contributed by atoms with Crippen LogP contribution in [0.5, 0.6) is 0 Å². The minimum atomic E-state index is -1.07. The third-order valence-corrected chi connectivity index (χ3v) is 9.15. The van der Waals surface area contributed by atoms with Crippen molar-refractivity contribution in [2.75, 3.05) is 13.2 Å². The van der Waals surface area contributed by atoms with E-state index in [9.17, 15) is 19.8 Å². The number of carboxylic acids is 1. The molecule has 0 fully saturated rings. The van der Waals surface area contributed by atoms with Crippen molar-refractivity contribution in [3.05, 3.63) is 83.3 Å². The number of nitrogens with one attached hydrogen (secondary N) is 2. The Kier molecular flexibility index (Phi) is 14.3. The number of aromatic amines is 1. The van der Waals surface area contributed by atoms with Crippen LogP contribution in [0.4, 0.5) is 5.82 Å². The van der Waals surface area contributed by atoms with Gasteiger partial charge in [-0.2, -0.15) is 0 Å². The van der Waals surface area contributed by atoms with Crippen LogP contribution in [0.15, 0.2) is 77.4 Å². The summed E-state index contributed by atoms with van der Waals surface area (Å²) in [5.41, 5.74) is 7.88. The van der Waals surface area contributed by atoms with Gasteiger partial charge in [-0.15, -0.1) is 0 Å². The van der Waals surface area contributed by atoms with E-state index >= 15 is 0 Å².